The summed E-state index contributed by atoms with van der Waals surface area (Å²) in [7, 11) is 0. The van der Waals surface area contributed by atoms with Gasteiger partial charge in [-0.05, 0) is 62.1 Å². The topological polar surface area (TPSA) is 96.9 Å². The lowest BCUT2D eigenvalue weighted by molar-refractivity contribution is -0.147. The maximum absolute atomic E-state index is 14.5. The van der Waals surface area contributed by atoms with E-state index in [1.165, 1.54) is 13.0 Å². The maximum atomic E-state index is 14.5. The highest BCUT2D eigenvalue weighted by molar-refractivity contribution is 5.83. The quantitative estimate of drug-likeness (QED) is 0.285. The van der Waals surface area contributed by atoms with Crippen LogP contribution in [-0.4, -0.2) is 34.7 Å². The van der Waals surface area contributed by atoms with Crippen LogP contribution in [0.25, 0.3) is 11.1 Å². The summed E-state index contributed by atoms with van der Waals surface area (Å²) >= 11 is 0. The van der Waals surface area contributed by atoms with Crippen molar-refractivity contribution in [2.45, 2.75) is 64.8 Å². The van der Waals surface area contributed by atoms with Crippen molar-refractivity contribution in [3.63, 3.8) is 0 Å². The van der Waals surface area contributed by atoms with Gasteiger partial charge in [0.2, 0.25) is 0 Å². The van der Waals surface area contributed by atoms with Crippen LogP contribution in [0, 0.1) is 0 Å². The summed E-state index contributed by atoms with van der Waals surface area (Å²) in [5, 5.41) is 14.7. The van der Waals surface area contributed by atoms with E-state index >= 15 is 0 Å². The average molecular weight is 541 g/mol. The van der Waals surface area contributed by atoms with Gasteiger partial charge in [0, 0.05) is 25.1 Å². The van der Waals surface area contributed by atoms with Crippen molar-refractivity contribution in [1.29, 1.82) is 0 Å². The standard InChI is InChI=1S/C30H34F2N2O5/c1-20(34-28(37)39-29(2,3)4)17-30(31,32)27(36)33-18-21-10-12-23(13-11-21)24-14-25(35)16-26(15-24)38-19-22-8-6-5-7-9-22/h5-16,20,35H,17-19H2,1-4H3,(H,33,36)(H,34,37). The molecule has 0 spiro atoms. The van der Waals surface area contributed by atoms with Crippen LogP contribution in [0.1, 0.15) is 45.2 Å². The molecule has 7 nitrogen and oxygen atoms in total. The Kier molecular flexibility index (Phi) is 9.51. The van der Waals surface area contributed by atoms with E-state index in [1.54, 1.807) is 57.2 Å². The van der Waals surface area contributed by atoms with Crippen LogP contribution in [0.15, 0.2) is 72.8 Å². The first-order valence-corrected chi connectivity index (χ1v) is 12.6. The van der Waals surface area contributed by atoms with E-state index in [0.717, 1.165) is 11.1 Å². The Balaban J connectivity index is 1.55. The molecule has 0 aromatic heterocycles. The molecule has 9 heteroatoms. The number of hydrogen-bond acceptors (Lipinski definition) is 5. The zero-order valence-electron chi connectivity index (χ0n) is 22.5. The van der Waals surface area contributed by atoms with Crippen LogP contribution in [-0.2, 0) is 22.7 Å². The molecule has 3 aromatic carbocycles. The molecule has 0 heterocycles. The lowest BCUT2D eigenvalue weighted by Crippen LogP contribution is -2.46. The molecule has 3 rings (SSSR count). The number of alkyl carbamates (subject to hydrolysis) is 1. The number of nitrogens with one attached hydrogen (secondary N) is 2. The number of phenols is 1. The van der Waals surface area contributed by atoms with Gasteiger partial charge in [-0.15, -0.1) is 0 Å². The third-order valence-electron chi connectivity index (χ3n) is 5.54. The molecule has 2 amide bonds. The number of carbonyl (C=O) groups is 2. The molecule has 39 heavy (non-hydrogen) atoms. The average Bonchev–Trinajstić information content (AvgIpc) is 2.85. The van der Waals surface area contributed by atoms with Gasteiger partial charge < -0.3 is 25.2 Å². The molecule has 208 valence electrons. The summed E-state index contributed by atoms with van der Waals surface area (Å²) in [6.45, 7) is 6.61. The summed E-state index contributed by atoms with van der Waals surface area (Å²) in [5.74, 6) is -4.57. The van der Waals surface area contributed by atoms with Crippen LogP contribution in [0.2, 0.25) is 0 Å². The van der Waals surface area contributed by atoms with Gasteiger partial charge in [0.1, 0.15) is 23.7 Å². The van der Waals surface area contributed by atoms with Gasteiger partial charge in [0.25, 0.3) is 5.91 Å². The van der Waals surface area contributed by atoms with Crippen LogP contribution >= 0.6 is 0 Å². The number of halogens is 2. The minimum atomic E-state index is -3.69. The van der Waals surface area contributed by atoms with Gasteiger partial charge in [0.05, 0.1) is 0 Å². The fourth-order valence-electron chi connectivity index (χ4n) is 3.74. The van der Waals surface area contributed by atoms with Crippen molar-refractivity contribution >= 4 is 12.0 Å². The summed E-state index contributed by atoms with van der Waals surface area (Å²) in [5.41, 5.74) is 2.33. The lowest BCUT2D eigenvalue weighted by Gasteiger charge is -2.24. The molecule has 0 aliphatic carbocycles. The SMILES string of the molecule is CC(CC(F)(F)C(=O)NCc1ccc(-c2cc(O)cc(OCc3ccccc3)c2)cc1)NC(=O)OC(C)(C)C. The maximum Gasteiger partial charge on any atom is 0.407 e. The molecule has 0 saturated heterocycles. The number of carbonyl (C=O) groups excluding carboxylic acids is 2. The number of rotatable bonds is 10. The Labute approximate surface area is 227 Å². The fraction of sp³-hybridized carbons (Fsp3) is 0.333. The minimum Gasteiger partial charge on any atom is -0.508 e. The molecule has 0 saturated carbocycles. The largest absolute Gasteiger partial charge is 0.508 e. The molecule has 0 aliphatic rings. The minimum absolute atomic E-state index is 0.0459. The fourth-order valence-corrected chi connectivity index (χ4v) is 3.74. The lowest BCUT2D eigenvalue weighted by atomic mass is 10.0. The first-order chi connectivity index (χ1) is 18.3. The summed E-state index contributed by atoms with van der Waals surface area (Å²) in [6, 6.07) is 20.5. The molecule has 0 bridgehead atoms. The molecule has 3 N–H and O–H groups in total. The molecule has 1 atom stereocenters. The number of aromatic hydroxyl groups is 1. The summed E-state index contributed by atoms with van der Waals surface area (Å²) in [6.07, 6.45) is -1.70. The molecular weight excluding hydrogens is 506 g/mol. The Bertz CT molecular complexity index is 1260. The second-order valence-electron chi connectivity index (χ2n) is 10.3. The Morgan fingerprint density at radius 3 is 2.23 bits per heavy atom. The van der Waals surface area contributed by atoms with Gasteiger partial charge >= 0.3 is 12.0 Å². The number of alkyl halides is 2. The van der Waals surface area contributed by atoms with Gasteiger partial charge in [-0.3, -0.25) is 4.79 Å². The highest BCUT2D eigenvalue weighted by Gasteiger charge is 2.40. The second kappa shape index (κ2) is 12.6. The van der Waals surface area contributed by atoms with E-state index in [4.69, 9.17) is 9.47 Å². The van der Waals surface area contributed by atoms with E-state index in [9.17, 15) is 23.5 Å². The number of amides is 2. The Hall–Kier alpha value is -4.14. The molecule has 0 aliphatic heterocycles. The van der Waals surface area contributed by atoms with Crippen molar-refractivity contribution in [3.05, 3.63) is 83.9 Å². The van der Waals surface area contributed by atoms with Crippen molar-refractivity contribution in [2.24, 2.45) is 0 Å². The summed E-state index contributed by atoms with van der Waals surface area (Å²) < 4.78 is 39.8. The third-order valence-corrected chi connectivity index (χ3v) is 5.54. The van der Waals surface area contributed by atoms with Crippen molar-refractivity contribution < 1.29 is 33.0 Å². The zero-order chi connectivity index (χ0) is 28.6. The van der Waals surface area contributed by atoms with E-state index in [-0.39, 0.29) is 12.3 Å². The highest BCUT2D eigenvalue weighted by atomic mass is 19.3. The Morgan fingerprint density at radius 2 is 1.59 bits per heavy atom. The molecule has 1 unspecified atom stereocenters. The first kappa shape index (κ1) is 29.4. The van der Waals surface area contributed by atoms with Gasteiger partial charge in [0.15, 0.2) is 0 Å². The predicted octanol–water partition coefficient (Wildman–Crippen LogP) is 6.19. The van der Waals surface area contributed by atoms with Gasteiger partial charge in [-0.2, -0.15) is 8.78 Å². The van der Waals surface area contributed by atoms with E-state index in [1.807, 2.05) is 30.3 Å². The first-order valence-electron chi connectivity index (χ1n) is 12.6. The van der Waals surface area contributed by atoms with E-state index in [0.29, 0.717) is 23.5 Å². The van der Waals surface area contributed by atoms with Crippen LogP contribution in [0.4, 0.5) is 13.6 Å². The van der Waals surface area contributed by atoms with Crippen LogP contribution < -0.4 is 15.4 Å². The normalized spacial score (nSPS) is 12.4. The van der Waals surface area contributed by atoms with Crippen LogP contribution in [0.3, 0.4) is 0 Å². The number of ether oxygens (including phenoxy) is 2. The van der Waals surface area contributed by atoms with Crippen molar-refractivity contribution in [2.75, 3.05) is 0 Å². The monoisotopic (exact) mass is 540 g/mol. The molecular formula is C30H34F2N2O5. The predicted molar refractivity (Wildman–Crippen MR) is 145 cm³/mol. The molecule has 0 fully saturated rings. The van der Waals surface area contributed by atoms with Crippen molar-refractivity contribution in [3.8, 4) is 22.6 Å². The van der Waals surface area contributed by atoms with E-state index in [2.05, 4.69) is 10.6 Å². The second-order valence-corrected chi connectivity index (χ2v) is 10.3. The van der Waals surface area contributed by atoms with Gasteiger partial charge in [-0.25, -0.2) is 4.79 Å². The Morgan fingerprint density at radius 1 is 0.923 bits per heavy atom. The third kappa shape index (κ3) is 9.59. The van der Waals surface area contributed by atoms with E-state index < -0.39 is 36.0 Å². The van der Waals surface area contributed by atoms with Crippen molar-refractivity contribution in [1.82, 2.24) is 10.6 Å². The smallest absolute Gasteiger partial charge is 0.407 e. The summed E-state index contributed by atoms with van der Waals surface area (Å²) in [4.78, 5) is 24.0. The number of benzene rings is 3. The van der Waals surface area contributed by atoms with Gasteiger partial charge in [-0.1, -0.05) is 54.6 Å². The molecule has 3 aromatic rings. The number of phenolic OH excluding ortho intramolecular Hbond substituents is 1. The van der Waals surface area contributed by atoms with Crippen LogP contribution in [0.5, 0.6) is 11.5 Å². The number of hydrogen-bond donors (Lipinski definition) is 3. The highest BCUT2D eigenvalue weighted by Crippen LogP contribution is 2.30. The molecule has 0 radical (unpaired) electrons. The zero-order valence-corrected chi connectivity index (χ0v) is 22.5.